The van der Waals surface area contributed by atoms with Crippen LogP contribution in [0.3, 0.4) is 0 Å². The Hall–Kier alpha value is -0.860. The van der Waals surface area contributed by atoms with Crippen molar-refractivity contribution in [3.8, 4) is 5.75 Å². The molecule has 1 aromatic carbocycles. The SMILES string of the molecule is O=C(c1ccccc1OC(F)(F)F)c1cc(Br)sc1Br. The second-order valence-electron chi connectivity index (χ2n) is 3.61. The number of rotatable bonds is 3. The molecule has 0 aliphatic carbocycles. The van der Waals surface area contributed by atoms with E-state index < -0.39 is 17.9 Å². The minimum atomic E-state index is -4.84. The molecule has 0 aliphatic rings. The van der Waals surface area contributed by atoms with Crippen LogP contribution >= 0.6 is 43.2 Å². The summed E-state index contributed by atoms with van der Waals surface area (Å²) in [4.78, 5) is 12.3. The number of hydrogen-bond donors (Lipinski definition) is 0. The van der Waals surface area contributed by atoms with Gasteiger partial charge >= 0.3 is 6.36 Å². The summed E-state index contributed by atoms with van der Waals surface area (Å²) in [6, 6.07) is 6.79. The van der Waals surface area contributed by atoms with Gasteiger partial charge in [-0.3, -0.25) is 4.79 Å². The zero-order valence-corrected chi connectivity index (χ0v) is 13.5. The molecule has 0 amide bonds. The van der Waals surface area contributed by atoms with E-state index in [1.54, 1.807) is 6.07 Å². The van der Waals surface area contributed by atoms with Crippen molar-refractivity contribution >= 4 is 49.0 Å². The van der Waals surface area contributed by atoms with Crippen molar-refractivity contribution in [3.05, 3.63) is 49.0 Å². The Morgan fingerprint density at radius 3 is 2.35 bits per heavy atom. The van der Waals surface area contributed by atoms with E-state index >= 15 is 0 Å². The third-order valence-corrected chi connectivity index (χ3v) is 4.60. The summed E-state index contributed by atoms with van der Waals surface area (Å²) in [6.45, 7) is 0. The fourth-order valence-electron chi connectivity index (χ4n) is 1.51. The van der Waals surface area contributed by atoms with Crippen LogP contribution in [0.5, 0.6) is 5.75 Å². The standard InChI is InChI=1S/C12H5Br2F3O2S/c13-9-5-7(11(14)20-9)10(18)6-3-1-2-4-8(6)19-12(15,16)17/h1-5H. The Balaban J connectivity index is 2.42. The number of thiophene rings is 1. The van der Waals surface area contributed by atoms with Crippen molar-refractivity contribution in [2.75, 3.05) is 0 Å². The van der Waals surface area contributed by atoms with Crippen molar-refractivity contribution < 1.29 is 22.7 Å². The van der Waals surface area contributed by atoms with E-state index in [9.17, 15) is 18.0 Å². The van der Waals surface area contributed by atoms with Crippen LogP contribution < -0.4 is 4.74 Å². The van der Waals surface area contributed by atoms with Crippen LogP contribution in [0, 0.1) is 0 Å². The molecule has 2 rings (SSSR count). The third kappa shape index (κ3) is 3.62. The van der Waals surface area contributed by atoms with Crippen LogP contribution in [-0.2, 0) is 0 Å². The zero-order chi connectivity index (χ0) is 14.9. The van der Waals surface area contributed by atoms with E-state index in [0.717, 1.165) is 6.07 Å². The molecule has 8 heteroatoms. The maximum atomic E-state index is 12.3. The first kappa shape index (κ1) is 15.5. The quantitative estimate of drug-likeness (QED) is 0.610. The Bertz CT molecular complexity index is 652. The molecule has 0 aliphatic heterocycles. The van der Waals surface area contributed by atoms with Gasteiger partial charge in [-0.05, 0) is 50.1 Å². The molecular weight excluding hydrogens is 425 g/mol. The van der Waals surface area contributed by atoms with Gasteiger partial charge in [-0.1, -0.05) is 12.1 Å². The zero-order valence-electron chi connectivity index (χ0n) is 9.50. The molecule has 0 saturated carbocycles. The molecule has 1 heterocycles. The number of para-hydroxylation sites is 1. The second-order valence-corrected chi connectivity index (χ2v) is 7.36. The predicted molar refractivity (Wildman–Crippen MR) is 76.3 cm³/mol. The number of ketones is 1. The van der Waals surface area contributed by atoms with Crippen LogP contribution in [0.4, 0.5) is 13.2 Å². The van der Waals surface area contributed by atoms with E-state index in [2.05, 4.69) is 36.6 Å². The third-order valence-electron chi connectivity index (χ3n) is 2.26. The van der Waals surface area contributed by atoms with Crippen LogP contribution in [0.1, 0.15) is 15.9 Å². The first-order chi connectivity index (χ1) is 9.28. The average molecular weight is 430 g/mol. The van der Waals surface area contributed by atoms with E-state index in [-0.39, 0.29) is 11.1 Å². The molecule has 20 heavy (non-hydrogen) atoms. The number of benzene rings is 1. The van der Waals surface area contributed by atoms with Gasteiger partial charge in [0.15, 0.2) is 5.78 Å². The first-order valence-electron chi connectivity index (χ1n) is 5.12. The molecule has 0 atom stereocenters. The summed E-state index contributed by atoms with van der Waals surface area (Å²) < 4.78 is 42.1. The van der Waals surface area contributed by atoms with Crippen molar-refractivity contribution in [2.45, 2.75) is 6.36 Å². The highest BCUT2D eigenvalue weighted by molar-refractivity contribution is 9.12. The van der Waals surface area contributed by atoms with Crippen LogP contribution in [0.2, 0.25) is 0 Å². The van der Waals surface area contributed by atoms with Gasteiger partial charge in [-0.25, -0.2) is 0 Å². The highest BCUT2D eigenvalue weighted by Crippen LogP contribution is 2.35. The molecule has 0 fully saturated rings. The highest BCUT2D eigenvalue weighted by Gasteiger charge is 2.33. The average Bonchev–Trinajstić information content (AvgIpc) is 2.66. The second kappa shape index (κ2) is 5.87. The topological polar surface area (TPSA) is 26.3 Å². The van der Waals surface area contributed by atoms with Crippen LogP contribution in [0.15, 0.2) is 37.9 Å². The summed E-state index contributed by atoms with van der Waals surface area (Å²) in [5.74, 6) is -1.06. The van der Waals surface area contributed by atoms with E-state index in [0.29, 0.717) is 7.57 Å². The maximum Gasteiger partial charge on any atom is 0.573 e. The maximum absolute atomic E-state index is 12.3. The number of hydrogen-bond acceptors (Lipinski definition) is 3. The van der Waals surface area contributed by atoms with Gasteiger partial charge in [0.25, 0.3) is 0 Å². The lowest BCUT2D eigenvalue weighted by Gasteiger charge is -2.12. The minimum absolute atomic E-state index is 0.143. The molecule has 0 bridgehead atoms. The summed E-state index contributed by atoms with van der Waals surface area (Å²) in [5.41, 5.74) is 0.135. The lowest BCUT2D eigenvalue weighted by atomic mass is 10.1. The molecule has 0 unspecified atom stereocenters. The smallest absolute Gasteiger partial charge is 0.405 e. The number of halogens is 5. The van der Waals surface area contributed by atoms with Gasteiger partial charge in [-0.2, -0.15) is 0 Å². The van der Waals surface area contributed by atoms with Crippen LogP contribution in [-0.4, -0.2) is 12.1 Å². The molecule has 0 radical (unpaired) electrons. The molecule has 0 spiro atoms. The molecular formula is C12H5Br2F3O2S. The van der Waals surface area contributed by atoms with Gasteiger partial charge in [-0.15, -0.1) is 24.5 Å². The lowest BCUT2D eigenvalue weighted by Crippen LogP contribution is -2.19. The van der Waals surface area contributed by atoms with Crippen molar-refractivity contribution in [1.82, 2.24) is 0 Å². The number of alkyl halides is 3. The lowest BCUT2D eigenvalue weighted by molar-refractivity contribution is -0.274. The first-order valence-corrected chi connectivity index (χ1v) is 7.52. The molecule has 0 N–H and O–H groups in total. The molecule has 0 saturated heterocycles. The molecule has 2 aromatic rings. The van der Waals surface area contributed by atoms with Crippen molar-refractivity contribution in [1.29, 1.82) is 0 Å². The van der Waals surface area contributed by atoms with Gasteiger partial charge < -0.3 is 4.74 Å². The fraction of sp³-hybridized carbons (Fsp3) is 0.0833. The van der Waals surface area contributed by atoms with E-state index in [4.69, 9.17) is 0 Å². The van der Waals surface area contributed by atoms with Crippen molar-refractivity contribution in [3.63, 3.8) is 0 Å². The summed E-state index contributed by atoms with van der Waals surface area (Å²) in [7, 11) is 0. The van der Waals surface area contributed by atoms with Crippen molar-refractivity contribution in [2.24, 2.45) is 0 Å². The summed E-state index contributed by atoms with van der Waals surface area (Å²) in [6.07, 6.45) is -4.84. The minimum Gasteiger partial charge on any atom is -0.405 e. The Labute approximate surface area is 132 Å². The molecule has 2 nitrogen and oxygen atoms in total. The predicted octanol–water partition coefficient (Wildman–Crippen LogP) is 5.40. The van der Waals surface area contributed by atoms with E-state index in [1.807, 2.05) is 0 Å². The van der Waals surface area contributed by atoms with Gasteiger partial charge in [0, 0.05) is 5.56 Å². The normalized spacial score (nSPS) is 11.4. The highest BCUT2D eigenvalue weighted by atomic mass is 79.9. The Morgan fingerprint density at radius 1 is 1.15 bits per heavy atom. The Morgan fingerprint density at radius 2 is 1.80 bits per heavy atom. The summed E-state index contributed by atoms with van der Waals surface area (Å²) in [5, 5.41) is 0. The monoisotopic (exact) mass is 428 g/mol. The van der Waals surface area contributed by atoms with Gasteiger partial charge in [0.1, 0.15) is 5.75 Å². The largest absolute Gasteiger partial charge is 0.573 e. The molecule has 1 aromatic heterocycles. The van der Waals surface area contributed by atoms with E-state index in [1.165, 1.54) is 29.5 Å². The van der Waals surface area contributed by atoms with Gasteiger partial charge in [0.05, 0.1) is 13.1 Å². The number of carbonyl (C=O) groups excluding carboxylic acids is 1. The fourth-order valence-corrected chi connectivity index (χ4v) is 4.30. The van der Waals surface area contributed by atoms with Gasteiger partial charge in [0.2, 0.25) is 0 Å². The Kier molecular flexibility index (Phi) is 4.55. The summed E-state index contributed by atoms with van der Waals surface area (Å²) >= 11 is 7.68. The molecule has 106 valence electrons. The number of ether oxygens (including phenoxy) is 1. The number of carbonyl (C=O) groups is 1. The van der Waals surface area contributed by atoms with Crippen LogP contribution in [0.25, 0.3) is 0 Å².